The van der Waals surface area contributed by atoms with Crippen LogP contribution in [-0.4, -0.2) is 32.0 Å². The first-order valence-electron chi connectivity index (χ1n) is 7.97. The van der Waals surface area contributed by atoms with Crippen LogP contribution >= 0.6 is 11.8 Å². The Balaban J connectivity index is 0. The summed E-state index contributed by atoms with van der Waals surface area (Å²) in [5.74, 6) is 0.875. The summed E-state index contributed by atoms with van der Waals surface area (Å²) in [6.45, 7) is 4.22. The number of hydrogen-bond acceptors (Lipinski definition) is 5. The summed E-state index contributed by atoms with van der Waals surface area (Å²) in [6.07, 6.45) is 10.7. The summed E-state index contributed by atoms with van der Waals surface area (Å²) in [5.41, 5.74) is 0. The van der Waals surface area contributed by atoms with E-state index in [-0.39, 0.29) is 5.75 Å². The minimum Gasteiger partial charge on any atom is -0.299 e. The molecular formula is C15H31FO4S2. The van der Waals surface area contributed by atoms with Gasteiger partial charge in [0.1, 0.15) is 5.78 Å². The molecule has 0 unspecified atom stereocenters. The molecule has 134 valence electrons. The maximum Gasteiger partial charge on any atom is 0.297 e. The van der Waals surface area contributed by atoms with Crippen molar-refractivity contribution in [2.24, 2.45) is 0 Å². The molecule has 0 aliphatic carbocycles. The lowest BCUT2D eigenvalue weighted by molar-refractivity contribution is -0.116. The van der Waals surface area contributed by atoms with Gasteiger partial charge in [-0.25, -0.2) is 0 Å². The molecule has 0 N–H and O–H groups in total. The molecule has 4 nitrogen and oxygen atoms in total. The van der Waals surface area contributed by atoms with Crippen LogP contribution in [0.4, 0.5) is 4.53 Å². The van der Waals surface area contributed by atoms with Gasteiger partial charge in [-0.05, 0) is 23.6 Å². The van der Waals surface area contributed by atoms with Gasteiger partial charge in [0.15, 0.2) is 0 Å². The quantitative estimate of drug-likeness (QED) is 0.447. The first-order chi connectivity index (χ1) is 10.4. The van der Waals surface area contributed by atoms with Crippen molar-refractivity contribution >= 4 is 27.7 Å². The number of rotatable bonds is 13. The normalized spacial score (nSPS) is 10.9. The van der Waals surface area contributed by atoms with Crippen molar-refractivity contribution < 1.29 is 22.1 Å². The fourth-order valence-corrected chi connectivity index (χ4v) is 2.78. The van der Waals surface area contributed by atoms with Gasteiger partial charge in [-0.2, -0.15) is 20.2 Å². The highest BCUT2D eigenvalue weighted by molar-refractivity contribution is 7.99. The van der Waals surface area contributed by atoms with Crippen LogP contribution in [0, 0.1) is 0 Å². The molecular weight excluding hydrogens is 327 g/mol. The molecule has 0 aliphatic heterocycles. The number of ketones is 1. The molecule has 0 heterocycles. The van der Waals surface area contributed by atoms with Crippen molar-refractivity contribution in [3.8, 4) is 0 Å². The molecule has 0 rings (SSSR count). The Morgan fingerprint density at radius 1 is 1.00 bits per heavy atom. The van der Waals surface area contributed by atoms with Gasteiger partial charge in [-0.1, -0.05) is 56.8 Å². The number of thioether (sulfide) groups is 1. The van der Waals surface area contributed by atoms with E-state index in [0.717, 1.165) is 44.9 Å². The standard InChI is InChI=1S/C8H17FO3S.C7H14OS/c1-2-3-4-5-6-7-8-13(10,11)12-9;1-3-4-5-7(8)6-9-2/h2-8H2,1H3;3-6H2,1-2H3. The highest BCUT2D eigenvalue weighted by Gasteiger charge is 2.09. The van der Waals surface area contributed by atoms with Crippen molar-refractivity contribution in [1.29, 1.82) is 0 Å². The minimum absolute atomic E-state index is 0.213. The number of carbonyl (C=O) groups is 1. The van der Waals surface area contributed by atoms with Crippen LogP contribution in [0.3, 0.4) is 0 Å². The molecule has 0 fully saturated rings. The van der Waals surface area contributed by atoms with Crippen LogP contribution < -0.4 is 0 Å². The van der Waals surface area contributed by atoms with Gasteiger partial charge in [0.25, 0.3) is 10.1 Å². The van der Waals surface area contributed by atoms with E-state index in [4.69, 9.17) is 0 Å². The lowest BCUT2D eigenvalue weighted by atomic mass is 10.1. The lowest BCUT2D eigenvalue weighted by Gasteiger charge is -1.99. The van der Waals surface area contributed by atoms with E-state index in [1.165, 1.54) is 6.42 Å². The van der Waals surface area contributed by atoms with Gasteiger partial charge >= 0.3 is 0 Å². The van der Waals surface area contributed by atoms with Crippen LogP contribution in [0.5, 0.6) is 0 Å². The summed E-state index contributed by atoms with van der Waals surface area (Å²) < 4.78 is 35.1. The Morgan fingerprint density at radius 2 is 1.55 bits per heavy atom. The zero-order valence-corrected chi connectivity index (χ0v) is 15.7. The summed E-state index contributed by atoms with van der Waals surface area (Å²) >= 11 is 1.61. The molecule has 0 aromatic heterocycles. The van der Waals surface area contributed by atoms with Gasteiger partial charge in [0.2, 0.25) is 0 Å². The van der Waals surface area contributed by atoms with Crippen LogP contribution in [0.15, 0.2) is 0 Å². The summed E-state index contributed by atoms with van der Waals surface area (Å²) in [7, 11) is -3.88. The number of carbonyl (C=O) groups excluding carboxylic acids is 1. The molecule has 7 heteroatoms. The fraction of sp³-hybridized carbons (Fsp3) is 0.933. The highest BCUT2D eigenvalue weighted by Crippen LogP contribution is 2.07. The van der Waals surface area contributed by atoms with Crippen molar-refractivity contribution in [1.82, 2.24) is 0 Å². The summed E-state index contributed by atoms with van der Waals surface area (Å²) in [6, 6.07) is 0. The average molecular weight is 359 g/mol. The first-order valence-corrected chi connectivity index (χ1v) is 10.9. The first kappa shape index (κ1) is 24.1. The SMILES string of the molecule is CCCCC(=O)CSC.CCCCCCCCS(=O)(=O)OF. The van der Waals surface area contributed by atoms with Crippen molar-refractivity contribution in [2.75, 3.05) is 17.8 Å². The van der Waals surface area contributed by atoms with Gasteiger partial charge in [0.05, 0.1) is 11.5 Å². The number of hydrogen-bond donors (Lipinski definition) is 0. The molecule has 0 radical (unpaired) electrons. The average Bonchev–Trinajstić information content (AvgIpc) is 2.49. The Hall–Kier alpha value is -0.140. The monoisotopic (exact) mass is 358 g/mol. The third-order valence-electron chi connectivity index (χ3n) is 2.96. The van der Waals surface area contributed by atoms with E-state index in [9.17, 15) is 17.7 Å². The van der Waals surface area contributed by atoms with E-state index in [0.29, 0.717) is 18.0 Å². The molecule has 0 spiro atoms. The molecule has 0 atom stereocenters. The van der Waals surface area contributed by atoms with E-state index in [1.807, 2.05) is 6.26 Å². The van der Waals surface area contributed by atoms with Gasteiger partial charge in [0, 0.05) is 6.42 Å². The van der Waals surface area contributed by atoms with Crippen molar-refractivity contribution in [3.63, 3.8) is 0 Å². The van der Waals surface area contributed by atoms with E-state index >= 15 is 0 Å². The number of halogens is 1. The Morgan fingerprint density at radius 3 is 2.05 bits per heavy atom. The van der Waals surface area contributed by atoms with Gasteiger partial charge in [-0.15, -0.1) is 0 Å². The summed E-state index contributed by atoms with van der Waals surface area (Å²) in [5, 5.41) is 0. The predicted molar refractivity (Wildman–Crippen MR) is 92.3 cm³/mol. The molecule has 22 heavy (non-hydrogen) atoms. The third-order valence-corrected chi connectivity index (χ3v) is 4.55. The number of unbranched alkanes of at least 4 members (excludes halogenated alkanes) is 6. The molecule has 0 saturated carbocycles. The smallest absolute Gasteiger partial charge is 0.297 e. The zero-order chi connectivity index (χ0) is 17.3. The second-order valence-electron chi connectivity index (χ2n) is 5.17. The Labute approximate surface area is 139 Å². The van der Waals surface area contributed by atoms with E-state index < -0.39 is 10.1 Å². The Kier molecular flexibility index (Phi) is 18.9. The Bertz CT molecular complexity index is 345. The zero-order valence-electron chi connectivity index (χ0n) is 14.1. The van der Waals surface area contributed by atoms with Crippen molar-refractivity contribution in [2.45, 2.75) is 71.6 Å². The van der Waals surface area contributed by atoms with Crippen LogP contribution in [0.2, 0.25) is 0 Å². The summed E-state index contributed by atoms with van der Waals surface area (Å²) in [4.78, 5) is 10.8. The van der Waals surface area contributed by atoms with Gasteiger partial charge < -0.3 is 0 Å². The molecule has 0 aromatic rings. The molecule has 0 saturated heterocycles. The van der Waals surface area contributed by atoms with Crippen LogP contribution in [0.25, 0.3) is 0 Å². The van der Waals surface area contributed by atoms with Gasteiger partial charge in [-0.3, -0.25) is 4.79 Å². The third kappa shape index (κ3) is 19.9. The highest BCUT2D eigenvalue weighted by atomic mass is 32.2. The molecule has 0 amide bonds. The van der Waals surface area contributed by atoms with E-state index in [1.54, 1.807) is 11.8 Å². The predicted octanol–water partition coefficient (Wildman–Crippen LogP) is 4.69. The lowest BCUT2D eigenvalue weighted by Crippen LogP contribution is -2.05. The maximum absolute atomic E-state index is 11.3. The molecule has 0 bridgehead atoms. The fourth-order valence-electron chi connectivity index (χ4n) is 1.70. The molecule has 0 aromatic carbocycles. The second kappa shape index (κ2) is 17.2. The van der Waals surface area contributed by atoms with Crippen LogP contribution in [-0.2, 0) is 19.3 Å². The maximum atomic E-state index is 11.3. The second-order valence-corrected chi connectivity index (χ2v) is 7.68. The van der Waals surface area contributed by atoms with Crippen LogP contribution in [0.1, 0.15) is 71.6 Å². The minimum atomic E-state index is -3.88. The largest absolute Gasteiger partial charge is 0.299 e. The van der Waals surface area contributed by atoms with Crippen molar-refractivity contribution in [3.05, 3.63) is 0 Å². The van der Waals surface area contributed by atoms with E-state index in [2.05, 4.69) is 18.2 Å². The number of Topliss-reactive ketones (excluding diaryl/α,β-unsaturated/α-hetero) is 1. The topological polar surface area (TPSA) is 60.4 Å². The molecule has 0 aliphatic rings.